The molecule has 0 aliphatic carbocycles. The molecule has 0 unspecified atom stereocenters. The number of hydrogen-bond donors (Lipinski definition) is 2. The Kier molecular flexibility index (Phi) is 4.25. The molecule has 1 aliphatic heterocycles. The molecule has 0 aromatic heterocycles. The van der Waals surface area contributed by atoms with E-state index in [1.54, 1.807) is 26.0 Å². The molecule has 0 spiro atoms. The highest BCUT2D eigenvalue weighted by Gasteiger charge is 2.36. The number of imide groups is 1. The fourth-order valence-corrected chi connectivity index (χ4v) is 2.26. The van der Waals surface area contributed by atoms with E-state index < -0.39 is 36.3 Å². The van der Waals surface area contributed by atoms with E-state index in [4.69, 9.17) is 5.11 Å². The van der Waals surface area contributed by atoms with Gasteiger partial charge in [0.15, 0.2) is 0 Å². The normalized spacial score (nSPS) is 15.0. The average Bonchev–Trinajstić information content (AvgIpc) is 2.70. The van der Waals surface area contributed by atoms with Crippen LogP contribution < -0.4 is 5.32 Å². The predicted molar refractivity (Wildman–Crippen MR) is 76.2 cm³/mol. The number of hydrogen-bond acceptors (Lipinski definition) is 4. The zero-order chi connectivity index (χ0) is 16.4. The van der Waals surface area contributed by atoms with Gasteiger partial charge in [-0.1, -0.05) is 26.0 Å². The summed E-state index contributed by atoms with van der Waals surface area (Å²) >= 11 is 0. The predicted octanol–water partition coefficient (Wildman–Crippen LogP) is 0.508. The van der Waals surface area contributed by atoms with Crippen LogP contribution >= 0.6 is 0 Å². The number of rotatable bonds is 5. The van der Waals surface area contributed by atoms with Gasteiger partial charge in [0.05, 0.1) is 11.1 Å². The van der Waals surface area contributed by atoms with Crippen molar-refractivity contribution in [2.75, 3.05) is 6.54 Å². The van der Waals surface area contributed by atoms with Gasteiger partial charge in [-0.2, -0.15) is 0 Å². The molecule has 2 N–H and O–H groups in total. The van der Waals surface area contributed by atoms with Crippen LogP contribution in [-0.2, 0) is 9.59 Å². The second kappa shape index (κ2) is 5.97. The van der Waals surface area contributed by atoms with Crippen LogP contribution in [0.5, 0.6) is 0 Å². The molecule has 0 saturated heterocycles. The van der Waals surface area contributed by atoms with E-state index in [1.165, 1.54) is 12.1 Å². The van der Waals surface area contributed by atoms with E-state index in [0.29, 0.717) is 0 Å². The first-order valence-corrected chi connectivity index (χ1v) is 6.80. The van der Waals surface area contributed by atoms with Crippen molar-refractivity contribution in [1.29, 1.82) is 0 Å². The van der Waals surface area contributed by atoms with Crippen molar-refractivity contribution in [2.45, 2.75) is 19.9 Å². The molecule has 0 bridgehead atoms. The molecule has 7 heteroatoms. The van der Waals surface area contributed by atoms with Crippen LogP contribution in [0.4, 0.5) is 0 Å². The monoisotopic (exact) mass is 304 g/mol. The van der Waals surface area contributed by atoms with Crippen molar-refractivity contribution < 1.29 is 24.3 Å². The Morgan fingerprint density at radius 3 is 2.05 bits per heavy atom. The minimum atomic E-state index is -1.16. The maximum Gasteiger partial charge on any atom is 0.326 e. The number of benzene rings is 1. The van der Waals surface area contributed by atoms with Crippen LogP contribution in [0.3, 0.4) is 0 Å². The van der Waals surface area contributed by atoms with Gasteiger partial charge in [0.1, 0.15) is 12.6 Å². The maximum atomic E-state index is 12.1. The minimum absolute atomic E-state index is 0.249. The lowest BCUT2D eigenvalue weighted by Crippen LogP contribution is -2.49. The third-order valence-electron chi connectivity index (χ3n) is 3.43. The quantitative estimate of drug-likeness (QED) is 0.771. The summed E-state index contributed by atoms with van der Waals surface area (Å²) < 4.78 is 0. The van der Waals surface area contributed by atoms with Crippen molar-refractivity contribution in [3.8, 4) is 0 Å². The van der Waals surface area contributed by atoms with Crippen LogP contribution in [0.15, 0.2) is 24.3 Å². The molecule has 2 rings (SSSR count). The lowest BCUT2D eigenvalue weighted by Gasteiger charge is -2.20. The number of nitrogens with one attached hydrogen (secondary N) is 1. The zero-order valence-corrected chi connectivity index (χ0v) is 12.2. The average molecular weight is 304 g/mol. The van der Waals surface area contributed by atoms with Gasteiger partial charge >= 0.3 is 5.97 Å². The fourth-order valence-electron chi connectivity index (χ4n) is 2.26. The fraction of sp³-hybridized carbons (Fsp3) is 0.333. The summed E-state index contributed by atoms with van der Waals surface area (Å²) in [6, 6.07) is 5.23. The summed E-state index contributed by atoms with van der Waals surface area (Å²) in [7, 11) is 0. The summed E-state index contributed by atoms with van der Waals surface area (Å²) in [5, 5.41) is 11.4. The molecular formula is C15H16N2O5. The Balaban J connectivity index is 2.09. The third-order valence-corrected chi connectivity index (χ3v) is 3.43. The standard InChI is InChI=1S/C15H16N2O5/c1-8(2)12(15(21)22)16-11(18)7-17-13(19)9-5-3-4-6-10(9)14(17)20/h3-6,8,12H,7H2,1-2H3,(H,16,18)(H,21,22)/t12-/m1/s1. The highest BCUT2D eigenvalue weighted by molar-refractivity contribution is 6.22. The van der Waals surface area contributed by atoms with Crippen LogP contribution in [-0.4, -0.2) is 46.3 Å². The maximum absolute atomic E-state index is 12.1. The number of aliphatic carboxylic acids is 1. The van der Waals surface area contributed by atoms with Crippen LogP contribution in [0.1, 0.15) is 34.6 Å². The van der Waals surface area contributed by atoms with Crippen LogP contribution in [0.2, 0.25) is 0 Å². The highest BCUT2D eigenvalue weighted by Crippen LogP contribution is 2.21. The summed E-state index contributed by atoms with van der Waals surface area (Å²) in [6.07, 6.45) is 0. The van der Waals surface area contributed by atoms with E-state index in [0.717, 1.165) is 4.90 Å². The van der Waals surface area contributed by atoms with Gasteiger partial charge in [-0.15, -0.1) is 0 Å². The second-order valence-corrected chi connectivity index (χ2v) is 5.37. The highest BCUT2D eigenvalue weighted by atomic mass is 16.4. The Morgan fingerprint density at radius 1 is 1.14 bits per heavy atom. The Hall–Kier alpha value is -2.70. The van der Waals surface area contributed by atoms with E-state index in [2.05, 4.69) is 5.32 Å². The first-order valence-electron chi connectivity index (χ1n) is 6.80. The molecule has 1 aromatic carbocycles. The molecule has 1 heterocycles. The van der Waals surface area contributed by atoms with Gasteiger partial charge in [0.2, 0.25) is 5.91 Å². The van der Waals surface area contributed by atoms with Crippen molar-refractivity contribution >= 4 is 23.7 Å². The van der Waals surface area contributed by atoms with Gasteiger partial charge in [0.25, 0.3) is 11.8 Å². The molecule has 1 atom stereocenters. The van der Waals surface area contributed by atoms with Crippen LogP contribution in [0, 0.1) is 5.92 Å². The summed E-state index contributed by atoms with van der Waals surface area (Å²) in [6.45, 7) is 2.81. The SMILES string of the molecule is CC(C)[C@@H](NC(=O)CN1C(=O)c2ccccc2C1=O)C(=O)O. The van der Waals surface area contributed by atoms with E-state index in [-0.39, 0.29) is 17.0 Å². The minimum Gasteiger partial charge on any atom is -0.480 e. The molecule has 116 valence electrons. The lowest BCUT2D eigenvalue weighted by molar-refractivity contribution is -0.143. The second-order valence-electron chi connectivity index (χ2n) is 5.37. The van der Waals surface area contributed by atoms with Gasteiger partial charge in [-0.3, -0.25) is 19.3 Å². The summed E-state index contributed by atoms with van der Waals surface area (Å²) in [5.74, 6) is -3.26. The molecule has 22 heavy (non-hydrogen) atoms. The molecule has 1 aromatic rings. The first-order chi connectivity index (χ1) is 10.3. The lowest BCUT2D eigenvalue weighted by atomic mass is 10.0. The number of carbonyl (C=O) groups is 4. The topological polar surface area (TPSA) is 104 Å². The van der Waals surface area contributed by atoms with E-state index in [1.807, 2.05) is 0 Å². The third kappa shape index (κ3) is 2.83. The largest absolute Gasteiger partial charge is 0.480 e. The summed E-state index contributed by atoms with van der Waals surface area (Å²) in [4.78, 5) is 48.0. The van der Waals surface area contributed by atoms with Crippen molar-refractivity contribution in [1.82, 2.24) is 10.2 Å². The molecule has 1 aliphatic rings. The Bertz CT molecular complexity index is 618. The van der Waals surface area contributed by atoms with E-state index in [9.17, 15) is 19.2 Å². The molecule has 0 radical (unpaired) electrons. The smallest absolute Gasteiger partial charge is 0.326 e. The molecule has 0 saturated carbocycles. The molecular weight excluding hydrogens is 288 g/mol. The van der Waals surface area contributed by atoms with Crippen molar-refractivity contribution in [3.63, 3.8) is 0 Å². The number of nitrogens with zero attached hydrogens (tertiary/aromatic N) is 1. The van der Waals surface area contributed by atoms with Crippen molar-refractivity contribution in [2.24, 2.45) is 5.92 Å². The number of carbonyl (C=O) groups excluding carboxylic acids is 3. The Labute approximate surface area is 126 Å². The van der Waals surface area contributed by atoms with Gasteiger partial charge in [0, 0.05) is 0 Å². The van der Waals surface area contributed by atoms with Crippen LogP contribution in [0.25, 0.3) is 0 Å². The number of carboxylic acid groups (broad SMARTS) is 1. The zero-order valence-electron chi connectivity index (χ0n) is 12.2. The number of amides is 3. The van der Waals surface area contributed by atoms with Gasteiger partial charge in [-0.05, 0) is 18.1 Å². The van der Waals surface area contributed by atoms with E-state index >= 15 is 0 Å². The number of carboxylic acids is 1. The number of fused-ring (bicyclic) bond motifs is 1. The van der Waals surface area contributed by atoms with Gasteiger partial charge in [-0.25, -0.2) is 4.79 Å². The Morgan fingerprint density at radius 2 is 1.64 bits per heavy atom. The molecule has 3 amide bonds. The van der Waals surface area contributed by atoms with Crippen molar-refractivity contribution in [3.05, 3.63) is 35.4 Å². The first kappa shape index (κ1) is 15.7. The summed E-state index contributed by atoms with van der Waals surface area (Å²) in [5.41, 5.74) is 0.498. The molecule has 0 fully saturated rings. The van der Waals surface area contributed by atoms with Gasteiger partial charge < -0.3 is 10.4 Å². The molecule has 7 nitrogen and oxygen atoms in total.